The maximum absolute atomic E-state index is 11.1. The zero-order valence-electron chi connectivity index (χ0n) is 11.7. The lowest BCUT2D eigenvalue weighted by molar-refractivity contribution is -0.143. The van der Waals surface area contributed by atoms with Crippen molar-refractivity contribution in [1.82, 2.24) is 5.32 Å². The predicted molar refractivity (Wildman–Crippen MR) is 74.0 cm³/mol. The number of rotatable bonds is 5. The van der Waals surface area contributed by atoms with Crippen LogP contribution in [0.5, 0.6) is 0 Å². The third-order valence-electron chi connectivity index (χ3n) is 5.04. The first kappa shape index (κ1) is 14.8. The van der Waals surface area contributed by atoms with Crippen LogP contribution < -0.4 is 5.32 Å². The lowest BCUT2D eigenvalue weighted by Gasteiger charge is -2.38. The average Bonchev–Trinajstić information content (AvgIpc) is 2.46. The maximum atomic E-state index is 11.1. The van der Waals surface area contributed by atoms with Crippen molar-refractivity contribution in [2.75, 3.05) is 13.2 Å². The summed E-state index contributed by atoms with van der Waals surface area (Å²) in [6, 6.07) is 0.320. The van der Waals surface area contributed by atoms with Crippen molar-refractivity contribution in [1.29, 1.82) is 0 Å². The zero-order valence-corrected chi connectivity index (χ0v) is 11.7. The van der Waals surface area contributed by atoms with E-state index < -0.39 is 5.97 Å². The number of carboxylic acids is 1. The molecule has 0 aromatic heterocycles. The molecule has 19 heavy (non-hydrogen) atoms. The molecule has 0 heterocycles. The topological polar surface area (TPSA) is 69.6 Å². The molecule has 0 bridgehead atoms. The van der Waals surface area contributed by atoms with Gasteiger partial charge in [0.15, 0.2) is 0 Å². The Balaban J connectivity index is 1.81. The van der Waals surface area contributed by atoms with E-state index in [0.717, 1.165) is 45.1 Å². The van der Waals surface area contributed by atoms with Gasteiger partial charge in [0.2, 0.25) is 0 Å². The van der Waals surface area contributed by atoms with E-state index in [1.165, 1.54) is 19.3 Å². The van der Waals surface area contributed by atoms with Crippen LogP contribution in [-0.2, 0) is 4.79 Å². The van der Waals surface area contributed by atoms with Gasteiger partial charge in [0.25, 0.3) is 0 Å². The molecule has 2 unspecified atom stereocenters. The van der Waals surface area contributed by atoms with Gasteiger partial charge in [-0.3, -0.25) is 4.79 Å². The lowest BCUT2D eigenvalue weighted by atomic mass is 9.74. The van der Waals surface area contributed by atoms with Crippen molar-refractivity contribution in [2.45, 2.75) is 63.8 Å². The Morgan fingerprint density at radius 1 is 1.16 bits per heavy atom. The van der Waals surface area contributed by atoms with Gasteiger partial charge in [-0.15, -0.1) is 0 Å². The van der Waals surface area contributed by atoms with Crippen LogP contribution in [0.25, 0.3) is 0 Å². The molecule has 2 atom stereocenters. The highest BCUT2D eigenvalue weighted by Crippen LogP contribution is 2.35. The van der Waals surface area contributed by atoms with Crippen molar-refractivity contribution in [2.24, 2.45) is 11.3 Å². The normalized spacial score (nSPS) is 31.0. The molecule has 0 amide bonds. The van der Waals surface area contributed by atoms with Crippen LogP contribution in [0.4, 0.5) is 0 Å². The van der Waals surface area contributed by atoms with Crippen LogP contribution in [0.3, 0.4) is 0 Å². The van der Waals surface area contributed by atoms with Gasteiger partial charge in [0.1, 0.15) is 0 Å². The summed E-state index contributed by atoms with van der Waals surface area (Å²) in [6.45, 7) is 1.11. The van der Waals surface area contributed by atoms with Gasteiger partial charge in [0.05, 0.1) is 5.92 Å². The zero-order chi connectivity index (χ0) is 13.7. The Kier molecular flexibility index (Phi) is 5.22. The molecule has 0 saturated heterocycles. The number of carbonyl (C=O) groups is 1. The van der Waals surface area contributed by atoms with E-state index >= 15 is 0 Å². The summed E-state index contributed by atoms with van der Waals surface area (Å²) in [5.41, 5.74) is 0.0500. The van der Waals surface area contributed by atoms with E-state index in [-0.39, 0.29) is 17.9 Å². The van der Waals surface area contributed by atoms with Gasteiger partial charge in [-0.2, -0.15) is 0 Å². The fourth-order valence-electron chi connectivity index (χ4n) is 3.65. The first-order valence-electron chi connectivity index (χ1n) is 7.72. The third kappa shape index (κ3) is 3.93. The Bertz CT molecular complexity index is 300. The van der Waals surface area contributed by atoms with Crippen molar-refractivity contribution < 1.29 is 15.0 Å². The molecule has 0 spiro atoms. The second kappa shape index (κ2) is 6.71. The number of aliphatic hydroxyl groups excluding tert-OH is 1. The second-order valence-corrected chi connectivity index (χ2v) is 6.50. The molecule has 2 fully saturated rings. The number of hydrogen-bond acceptors (Lipinski definition) is 3. The number of aliphatic hydroxyl groups is 1. The average molecular weight is 269 g/mol. The minimum absolute atomic E-state index is 0.0500. The summed E-state index contributed by atoms with van der Waals surface area (Å²) < 4.78 is 0. The Morgan fingerprint density at radius 2 is 1.89 bits per heavy atom. The summed E-state index contributed by atoms with van der Waals surface area (Å²) in [7, 11) is 0. The molecule has 4 nitrogen and oxygen atoms in total. The monoisotopic (exact) mass is 269 g/mol. The van der Waals surface area contributed by atoms with E-state index in [2.05, 4.69) is 5.32 Å². The van der Waals surface area contributed by atoms with E-state index in [1.54, 1.807) is 0 Å². The quantitative estimate of drug-likeness (QED) is 0.715. The minimum atomic E-state index is -0.652. The number of nitrogens with one attached hydrogen (secondary N) is 1. The lowest BCUT2D eigenvalue weighted by Crippen LogP contribution is -2.45. The highest BCUT2D eigenvalue weighted by molar-refractivity contribution is 5.70. The molecule has 0 aromatic carbocycles. The number of aliphatic carboxylic acids is 1. The molecular weight excluding hydrogens is 242 g/mol. The van der Waals surface area contributed by atoms with E-state index in [9.17, 15) is 9.90 Å². The summed E-state index contributed by atoms with van der Waals surface area (Å²) in [6.07, 6.45) is 9.56. The molecule has 2 saturated carbocycles. The van der Waals surface area contributed by atoms with Crippen molar-refractivity contribution in [3.8, 4) is 0 Å². The molecule has 110 valence electrons. The van der Waals surface area contributed by atoms with Crippen LogP contribution >= 0.6 is 0 Å². The molecule has 0 aliphatic heterocycles. The minimum Gasteiger partial charge on any atom is -0.481 e. The predicted octanol–water partition coefficient (Wildman–Crippen LogP) is 2.16. The van der Waals surface area contributed by atoms with Crippen LogP contribution in [0.15, 0.2) is 0 Å². The van der Waals surface area contributed by atoms with Gasteiger partial charge in [0, 0.05) is 24.6 Å². The van der Waals surface area contributed by atoms with Crippen LogP contribution in [0.1, 0.15) is 57.8 Å². The number of carboxylic acid groups (broad SMARTS) is 1. The molecule has 2 rings (SSSR count). The molecule has 4 heteroatoms. The molecule has 0 aromatic rings. The van der Waals surface area contributed by atoms with E-state index in [4.69, 9.17) is 5.11 Å². The third-order valence-corrected chi connectivity index (χ3v) is 5.04. The maximum Gasteiger partial charge on any atom is 0.306 e. The Labute approximate surface area is 115 Å². The van der Waals surface area contributed by atoms with E-state index in [1.807, 2.05) is 0 Å². The summed E-state index contributed by atoms with van der Waals surface area (Å²) in [5.74, 6) is -0.830. The van der Waals surface area contributed by atoms with E-state index in [0.29, 0.717) is 6.04 Å². The standard InChI is InChI=1S/C15H27NO3/c17-11-15(7-2-1-3-8-15)10-16-13-6-4-5-12(9-13)14(18)19/h12-13,16-17H,1-11H2,(H,18,19). The molecule has 3 N–H and O–H groups in total. The SMILES string of the molecule is O=C(O)C1CCCC(NCC2(CO)CCCCC2)C1. The van der Waals surface area contributed by atoms with Gasteiger partial charge < -0.3 is 15.5 Å². The largest absolute Gasteiger partial charge is 0.481 e. The smallest absolute Gasteiger partial charge is 0.306 e. The van der Waals surface area contributed by atoms with Crippen LogP contribution in [0, 0.1) is 11.3 Å². The van der Waals surface area contributed by atoms with Crippen molar-refractivity contribution in [3.63, 3.8) is 0 Å². The van der Waals surface area contributed by atoms with Gasteiger partial charge in [-0.05, 0) is 32.1 Å². The summed E-state index contributed by atoms with van der Waals surface area (Å²) >= 11 is 0. The Hall–Kier alpha value is -0.610. The highest BCUT2D eigenvalue weighted by Gasteiger charge is 2.33. The van der Waals surface area contributed by atoms with Gasteiger partial charge in [-0.25, -0.2) is 0 Å². The number of hydrogen-bond donors (Lipinski definition) is 3. The fraction of sp³-hybridized carbons (Fsp3) is 0.933. The van der Waals surface area contributed by atoms with Gasteiger partial charge in [-0.1, -0.05) is 25.7 Å². The fourth-order valence-corrected chi connectivity index (χ4v) is 3.65. The highest BCUT2D eigenvalue weighted by atomic mass is 16.4. The van der Waals surface area contributed by atoms with Crippen LogP contribution in [-0.4, -0.2) is 35.4 Å². The summed E-state index contributed by atoms with van der Waals surface area (Å²) in [4.78, 5) is 11.1. The first-order chi connectivity index (χ1) is 9.15. The second-order valence-electron chi connectivity index (χ2n) is 6.50. The molecule has 0 radical (unpaired) electrons. The first-order valence-corrected chi connectivity index (χ1v) is 7.72. The van der Waals surface area contributed by atoms with Gasteiger partial charge >= 0.3 is 5.97 Å². The van der Waals surface area contributed by atoms with Crippen molar-refractivity contribution in [3.05, 3.63) is 0 Å². The summed E-state index contributed by atoms with van der Waals surface area (Å²) in [5, 5.41) is 22.3. The molecule has 2 aliphatic carbocycles. The van der Waals surface area contributed by atoms with Crippen LogP contribution in [0.2, 0.25) is 0 Å². The molecule has 2 aliphatic rings. The molecular formula is C15H27NO3. The Morgan fingerprint density at radius 3 is 2.53 bits per heavy atom. The van der Waals surface area contributed by atoms with Crippen molar-refractivity contribution >= 4 is 5.97 Å².